The molecule has 0 saturated carbocycles. The molecular weight excluding hydrogens is 274 g/mol. The highest BCUT2D eigenvalue weighted by molar-refractivity contribution is 5.92. The average molecular weight is 298 g/mol. The monoisotopic (exact) mass is 297 g/mol. The molecule has 20 heavy (non-hydrogen) atoms. The zero-order valence-electron chi connectivity index (χ0n) is 12.2. The smallest absolute Gasteiger partial charge is 0.238 e. The zero-order valence-corrected chi connectivity index (χ0v) is 13.0. The highest BCUT2D eigenvalue weighted by atomic mass is 35.5. The van der Waals surface area contributed by atoms with Crippen LogP contribution in [0.2, 0.25) is 0 Å². The van der Waals surface area contributed by atoms with Crippen LogP contribution in [0.25, 0.3) is 0 Å². The Labute approximate surface area is 127 Å². The van der Waals surface area contributed by atoms with Gasteiger partial charge in [-0.3, -0.25) is 9.69 Å². The second-order valence-corrected chi connectivity index (χ2v) is 5.28. The van der Waals surface area contributed by atoms with Crippen LogP contribution in [0.4, 0.5) is 5.69 Å². The van der Waals surface area contributed by atoms with E-state index in [4.69, 9.17) is 0 Å². The predicted molar refractivity (Wildman–Crippen MR) is 85.6 cm³/mol. The number of likely N-dealkylation sites (tertiary alicyclic amines) is 1. The summed E-state index contributed by atoms with van der Waals surface area (Å²) in [7, 11) is 1.99. The summed E-state index contributed by atoms with van der Waals surface area (Å²) in [6, 6.07) is 8.42. The van der Waals surface area contributed by atoms with Gasteiger partial charge in [-0.2, -0.15) is 0 Å². The van der Waals surface area contributed by atoms with E-state index in [1.807, 2.05) is 38.2 Å². The van der Waals surface area contributed by atoms with Crippen LogP contribution in [0.1, 0.15) is 18.4 Å². The molecule has 1 aliphatic heterocycles. The van der Waals surface area contributed by atoms with Crippen molar-refractivity contribution in [2.24, 2.45) is 0 Å². The molecule has 1 aliphatic rings. The Kier molecular flexibility index (Phi) is 6.99. The van der Waals surface area contributed by atoms with Crippen molar-refractivity contribution in [3.63, 3.8) is 0 Å². The number of piperidine rings is 1. The van der Waals surface area contributed by atoms with Gasteiger partial charge in [-0.05, 0) is 45.5 Å². The van der Waals surface area contributed by atoms with Gasteiger partial charge in [0.2, 0.25) is 5.91 Å². The first-order valence-electron chi connectivity index (χ1n) is 6.93. The number of hydrogen-bond donors (Lipinski definition) is 2. The van der Waals surface area contributed by atoms with Gasteiger partial charge in [-0.15, -0.1) is 12.4 Å². The molecule has 1 heterocycles. The summed E-state index contributed by atoms with van der Waals surface area (Å²) < 4.78 is 0. The molecule has 1 fully saturated rings. The highest BCUT2D eigenvalue weighted by Gasteiger charge is 2.20. The number of likely N-dealkylation sites (N-methyl/N-ethyl adjacent to an activating group) is 1. The number of halogens is 1. The van der Waals surface area contributed by atoms with Gasteiger partial charge in [-0.1, -0.05) is 17.7 Å². The average Bonchev–Trinajstić information content (AvgIpc) is 2.41. The Hall–Kier alpha value is -1.10. The minimum atomic E-state index is 0. The van der Waals surface area contributed by atoms with Gasteiger partial charge >= 0.3 is 0 Å². The first-order valence-corrected chi connectivity index (χ1v) is 6.93. The lowest BCUT2D eigenvalue weighted by atomic mass is 10.1. The summed E-state index contributed by atoms with van der Waals surface area (Å²) >= 11 is 0. The van der Waals surface area contributed by atoms with Crippen molar-refractivity contribution in [3.05, 3.63) is 29.8 Å². The summed E-state index contributed by atoms with van der Waals surface area (Å²) in [5, 5.41) is 6.24. The minimum absolute atomic E-state index is 0. The molecule has 0 aromatic heterocycles. The highest BCUT2D eigenvalue weighted by Crippen LogP contribution is 2.11. The first-order chi connectivity index (χ1) is 9.17. The van der Waals surface area contributed by atoms with Crippen molar-refractivity contribution < 1.29 is 4.79 Å². The molecule has 0 bridgehead atoms. The molecule has 5 heteroatoms. The molecule has 1 aromatic rings. The van der Waals surface area contributed by atoms with E-state index >= 15 is 0 Å². The van der Waals surface area contributed by atoms with Crippen LogP contribution in [0.5, 0.6) is 0 Å². The summed E-state index contributed by atoms with van der Waals surface area (Å²) in [6.45, 7) is 4.49. The Morgan fingerprint density at radius 1 is 1.35 bits per heavy atom. The lowest BCUT2D eigenvalue weighted by molar-refractivity contribution is -0.117. The molecule has 1 unspecified atom stereocenters. The van der Waals surface area contributed by atoms with Crippen LogP contribution < -0.4 is 10.6 Å². The van der Waals surface area contributed by atoms with Gasteiger partial charge in [0.1, 0.15) is 0 Å². The Morgan fingerprint density at radius 2 is 2.05 bits per heavy atom. The lowest BCUT2D eigenvalue weighted by Crippen LogP contribution is -2.46. The summed E-state index contributed by atoms with van der Waals surface area (Å²) in [6.07, 6.45) is 2.36. The molecule has 1 atom stereocenters. The van der Waals surface area contributed by atoms with Crippen LogP contribution in [-0.4, -0.2) is 43.5 Å². The number of amides is 1. The van der Waals surface area contributed by atoms with Gasteiger partial charge in [0.25, 0.3) is 0 Å². The van der Waals surface area contributed by atoms with E-state index < -0.39 is 0 Å². The van der Waals surface area contributed by atoms with E-state index in [0.29, 0.717) is 12.6 Å². The number of nitrogens with one attached hydrogen (secondary N) is 2. The van der Waals surface area contributed by atoms with Crippen molar-refractivity contribution in [3.8, 4) is 0 Å². The second-order valence-electron chi connectivity index (χ2n) is 5.28. The van der Waals surface area contributed by atoms with Crippen LogP contribution in [0.3, 0.4) is 0 Å². The molecule has 0 spiro atoms. The van der Waals surface area contributed by atoms with Crippen LogP contribution in [-0.2, 0) is 4.79 Å². The zero-order chi connectivity index (χ0) is 13.7. The maximum Gasteiger partial charge on any atom is 0.238 e. The normalized spacial score (nSPS) is 19.2. The topological polar surface area (TPSA) is 44.4 Å². The Morgan fingerprint density at radius 3 is 2.70 bits per heavy atom. The van der Waals surface area contributed by atoms with Gasteiger partial charge in [0, 0.05) is 18.3 Å². The standard InChI is InChI=1S/C15H23N3O.ClH/c1-12-5-7-13(8-6-12)17-15(19)11-18-9-3-4-14(10-18)16-2;/h5-8,14,16H,3-4,9-11H2,1-2H3,(H,17,19);1H. The molecule has 1 aromatic carbocycles. The largest absolute Gasteiger partial charge is 0.325 e. The van der Waals surface area contributed by atoms with Crippen LogP contribution in [0, 0.1) is 6.92 Å². The number of hydrogen-bond acceptors (Lipinski definition) is 3. The molecule has 0 radical (unpaired) electrons. The molecule has 0 aliphatic carbocycles. The van der Waals surface area contributed by atoms with Gasteiger partial charge in [-0.25, -0.2) is 0 Å². The maximum atomic E-state index is 12.0. The molecule has 2 N–H and O–H groups in total. The SMILES string of the molecule is CNC1CCCN(CC(=O)Nc2ccc(C)cc2)C1.Cl. The fraction of sp³-hybridized carbons (Fsp3) is 0.533. The van der Waals surface area contributed by atoms with E-state index in [1.54, 1.807) is 0 Å². The lowest BCUT2D eigenvalue weighted by Gasteiger charge is -2.31. The first kappa shape index (κ1) is 17.0. The molecule has 1 saturated heterocycles. The Bertz CT molecular complexity index is 422. The van der Waals surface area contributed by atoms with E-state index in [-0.39, 0.29) is 18.3 Å². The molecule has 112 valence electrons. The van der Waals surface area contributed by atoms with Crippen molar-refractivity contribution >= 4 is 24.0 Å². The van der Waals surface area contributed by atoms with E-state index in [9.17, 15) is 4.79 Å². The van der Waals surface area contributed by atoms with Crippen molar-refractivity contribution in [1.82, 2.24) is 10.2 Å². The van der Waals surface area contributed by atoms with Crippen molar-refractivity contribution in [2.45, 2.75) is 25.8 Å². The van der Waals surface area contributed by atoms with Crippen LogP contribution >= 0.6 is 12.4 Å². The number of benzene rings is 1. The molecule has 2 rings (SSSR count). The van der Waals surface area contributed by atoms with Gasteiger partial charge in [0.15, 0.2) is 0 Å². The third-order valence-electron chi connectivity index (χ3n) is 3.62. The summed E-state index contributed by atoms with van der Waals surface area (Å²) in [4.78, 5) is 14.2. The van der Waals surface area contributed by atoms with E-state index in [1.165, 1.54) is 12.0 Å². The number of carbonyl (C=O) groups excluding carboxylic acids is 1. The number of anilines is 1. The van der Waals surface area contributed by atoms with Crippen molar-refractivity contribution in [2.75, 3.05) is 32.0 Å². The third kappa shape index (κ3) is 5.12. The maximum absolute atomic E-state index is 12.0. The van der Waals surface area contributed by atoms with Gasteiger partial charge in [0.05, 0.1) is 6.54 Å². The van der Waals surface area contributed by atoms with Crippen LogP contribution in [0.15, 0.2) is 24.3 Å². The second kappa shape index (κ2) is 8.25. The number of nitrogens with zero attached hydrogens (tertiary/aromatic N) is 1. The van der Waals surface area contributed by atoms with Gasteiger partial charge < -0.3 is 10.6 Å². The number of carbonyl (C=O) groups is 1. The van der Waals surface area contributed by atoms with E-state index in [2.05, 4.69) is 15.5 Å². The third-order valence-corrected chi connectivity index (χ3v) is 3.62. The minimum Gasteiger partial charge on any atom is -0.325 e. The molecular formula is C15H24ClN3O. The van der Waals surface area contributed by atoms with E-state index in [0.717, 1.165) is 25.2 Å². The summed E-state index contributed by atoms with van der Waals surface area (Å²) in [5.41, 5.74) is 2.07. The fourth-order valence-electron chi connectivity index (χ4n) is 2.48. The summed E-state index contributed by atoms with van der Waals surface area (Å²) in [5.74, 6) is 0.0700. The van der Waals surface area contributed by atoms with Crippen molar-refractivity contribution in [1.29, 1.82) is 0 Å². The number of rotatable bonds is 4. The quantitative estimate of drug-likeness (QED) is 0.894. The molecule has 4 nitrogen and oxygen atoms in total. The predicted octanol–water partition coefficient (Wildman–Crippen LogP) is 2.04. The molecule has 1 amide bonds. The fourth-order valence-corrected chi connectivity index (χ4v) is 2.48. The Balaban J connectivity index is 0.00000200. The number of aryl methyl sites for hydroxylation is 1.